The number of nitrogens with zero attached hydrogens (tertiary/aromatic N) is 2. The van der Waals surface area contributed by atoms with Crippen LogP contribution in [0.4, 0.5) is 0 Å². The highest BCUT2D eigenvalue weighted by Gasteiger charge is 2.39. The lowest BCUT2D eigenvalue weighted by Crippen LogP contribution is -2.58. The Bertz CT molecular complexity index is 796. The van der Waals surface area contributed by atoms with E-state index >= 15 is 0 Å². The topological polar surface area (TPSA) is 93.4 Å². The number of primary sulfonamides is 1. The second-order valence-electron chi connectivity index (χ2n) is 4.55. The molecule has 20 heavy (non-hydrogen) atoms. The summed E-state index contributed by atoms with van der Waals surface area (Å²) in [5.41, 5.74) is 0.661. The van der Waals surface area contributed by atoms with Crippen molar-refractivity contribution >= 4 is 49.1 Å². The molecule has 3 rings (SSSR count). The third kappa shape index (κ3) is 2.39. The molecule has 9 heteroatoms. The quantitative estimate of drug-likeness (QED) is 0.890. The highest BCUT2D eigenvalue weighted by Crippen LogP contribution is 2.27. The summed E-state index contributed by atoms with van der Waals surface area (Å²) >= 11 is 7.13. The lowest BCUT2D eigenvalue weighted by Gasteiger charge is -2.36. The van der Waals surface area contributed by atoms with Crippen LogP contribution in [0.1, 0.15) is 9.80 Å². The van der Waals surface area contributed by atoms with Gasteiger partial charge in [0.2, 0.25) is 10.0 Å². The Labute approximate surface area is 124 Å². The van der Waals surface area contributed by atoms with E-state index in [1.807, 2.05) is 0 Å². The van der Waals surface area contributed by atoms with Crippen molar-refractivity contribution in [1.29, 1.82) is 0 Å². The number of halogens is 1. The van der Waals surface area contributed by atoms with Gasteiger partial charge in [-0.3, -0.25) is 4.79 Å². The van der Waals surface area contributed by atoms with E-state index in [2.05, 4.69) is 4.98 Å². The monoisotopic (exact) mass is 331 g/mol. The van der Waals surface area contributed by atoms with Gasteiger partial charge in [-0.25, -0.2) is 18.5 Å². The minimum atomic E-state index is -3.57. The number of sulfonamides is 1. The van der Waals surface area contributed by atoms with Crippen molar-refractivity contribution in [1.82, 2.24) is 9.88 Å². The fourth-order valence-electron chi connectivity index (χ4n) is 1.94. The van der Waals surface area contributed by atoms with Crippen molar-refractivity contribution < 1.29 is 13.2 Å². The molecule has 0 aliphatic carbocycles. The molecule has 0 unspecified atom stereocenters. The number of fused-ring (bicyclic) bond motifs is 1. The fourth-order valence-corrected chi connectivity index (χ4v) is 3.79. The molecule has 1 saturated heterocycles. The average molecular weight is 332 g/mol. The molecule has 6 nitrogen and oxygen atoms in total. The van der Waals surface area contributed by atoms with Gasteiger partial charge in [0, 0.05) is 18.1 Å². The zero-order chi connectivity index (χ0) is 14.5. The zero-order valence-corrected chi connectivity index (χ0v) is 12.5. The highest BCUT2D eigenvalue weighted by atomic mass is 35.5. The molecule has 0 bridgehead atoms. The molecule has 106 valence electrons. The molecule has 1 aromatic carbocycles. The number of rotatable bonds is 2. The van der Waals surface area contributed by atoms with E-state index in [9.17, 15) is 13.2 Å². The van der Waals surface area contributed by atoms with Gasteiger partial charge in [-0.2, -0.15) is 0 Å². The minimum Gasteiger partial charge on any atom is -0.334 e. The molecule has 0 atom stereocenters. The normalized spacial score (nSPS) is 16.4. The molecular formula is C11H10ClN3O3S2. The molecule has 2 N–H and O–H groups in total. The van der Waals surface area contributed by atoms with Crippen molar-refractivity contribution in [2.45, 2.75) is 5.25 Å². The summed E-state index contributed by atoms with van der Waals surface area (Å²) < 4.78 is 23.1. The van der Waals surface area contributed by atoms with E-state index in [-0.39, 0.29) is 19.0 Å². The van der Waals surface area contributed by atoms with Crippen LogP contribution in [0.15, 0.2) is 18.2 Å². The first kappa shape index (κ1) is 13.7. The van der Waals surface area contributed by atoms with Crippen LogP contribution in [-0.4, -0.2) is 42.5 Å². The van der Waals surface area contributed by atoms with Gasteiger partial charge in [-0.05, 0) is 18.2 Å². The smallest absolute Gasteiger partial charge is 0.282 e. The van der Waals surface area contributed by atoms with Gasteiger partial charge in [0.1, 0.15) is 5.25 Å². The van der Waals surface area contributed by atoms with E-state index in [0.29, 0.717) is 15.5 Å². The van der Waals surface area contributed by atoms with E-state index in [0.717, 1.165) is 4.70 Å². The van der Waals surface area contributed by atoms with Gasteiger partial charge in [-0.15, -0.1) is 11.3 Å². The molecule has 1 amide bonds. The lowest BCUT2D eigenvalue weighted by molar-refractivity contribution is 0.0659. The van der Waals surface area contributed by atoms with Crippen LogP contribution < -0.4 is 5.14 Å². The van der Waals surface area contributed by atoms with E-state index in [4.69, 9.17) is 16.7 Å². The van der Waals surface area contributed by atoms with E-state index < -0.39 is 15.3 Å². The first-order valence-electron chi connectivity index (χ1n) is 5.71. The number of hydrogen-bond acceptors (Lipinski definition) is 5. The molecule has 0 saturated carbocycles. The molecule has 0 radical (unpaired) electrons. The Balaban J connectivity index is 1.80. The molecule has 1 aliphatic rings. The summed E-state index contributed by atoms with van der Waals surface area (Å²) in [5.74, 6) is -0.276. The van der Waals surface area contributed by atoms with Crippen LogP contribution in [0.3, 0.4) is 0 Å². The predicted molar refractivity (Wildman–Crippen MR) is 77.4 cm³/mol. The molecular weight excluding hydrogens is 322 g/mol. The van der Waals surface area contributed by atoms with Crippen molar-refractivity contribution in [3.05, 3.63) is 28.2 Å². The number of likely N-dealkylation sites (tertiary alicyclic amines) is 1. The fraction of sp³-hybridized carbons (Fsp3) is 0.273. The van der Waals surface area contributed by atoms with Crippen molar-refractivity contribution in [2.24, 2.45) is 5.14 Å². The molecule has 2 aromatic rings. The maximum Gasteiger partial charge on any atom is 0.282 e. The third-order valence-corrected chi connectivity index (χ3v) is 5.62. The van der Waals surface area contributed by atoms with Gasteiger partial charge >= 0.3 is 0 Å². The number of benzene rings is 1. The van der Waals surface area contributed by atoms with Crippen LogP contribution in [0.2, 0.25) is 5.02 Å². The van der Waals surface area contributed by atoms with Gasteiger partial charge in [-0.1, -0.05) is 11.6 Å². The summed E-state index contributed by atoms with van der Waals surface area (Å²) in [6.07, 6.45) is 0. The Hall–Kier alpha value is -1.22. The van der Waals surface area contributed by atoms with Crippen molar-refractivity contribution in [3.63, 3.8) is 0 Å². The summed E-state index contributed by atoms with van der Waals surface area (Å²) in [7, 11) is -3.57. The number of aromatic nitrogens is 1. The second-order valence-corrected chi connectivity index (χ2v) is 7.86. The van der Waals surface area contributed by atoms with Crippen molar-refractivity contribution in [2.75, 3.05) is 13.1 Å². The number of carbonyl (C=O) groups excluding carboxylic acids is 1. The molecule has 0 spiro atoms. The Morgan fingerprint density at radius 3 is 2.80 bits per heavy atom. The number of nitrogens with two attached hydrogens (primary N) is 1. The maximum absolute atomic E-state index is 12.2. The molecule has 2 heterocycles. The largest absolute Gasteiger partial charge is 0.334 e. The van der Waals surface area contributed by atoms with Crippen LogP contribution in [0.5, 0.6) is 0 Å². The van der Waals surface area contributed by atoms with Crippen molar-refractivity contribution in [3.8, 4) is 0 Å². The molecule has 1 aromatic heterocycles. The van der Waals surface area contributed by atoms with Crippen LogP contribution >= 0.6 is 22.9 Å². The molecule has 1 fully saturated rings. The number of carbonyl (C=O) groups is 1. The minimum absolute atomic E-state index is 0.119. The molecule has 1 aliphatic heterocycles. The Kier molecular flexibility index (Phi) is 3.20. The van der Waals surface area contributed by atoms with Crippen LogP contribution in [0, 0.1) is 0 Å². The second kappa shape index (κ2) is 4.66. The highest BCUT2D eigenvalue weighted by molar-refractivity contribution is 7.89. The summed E-state index contributed by atoms with van der Waals surface area (Å²) in [6, 6.07) is 5.22. The number of amides is 1. The average Bonchev–Trinajstić information content (AvgIpc) is 2.67. The van der Waals surface area contributed by atoms with Gasteiger partial charge in [0.15, 0.2) is 5.01 Å². The van der Waals surface area contributed by atoms with E-state index in [1.165, 1.54) is 16.2 Å². The predicted octanol–water partition coefficient (Wildman–Crippen LogP) is 1.06. The van der Waals surface area contributed by atoms with Crippen LogP contribution in [0.25, 0.3) is 10.2 Å². The summed E-state index contributed by atoms with van der Waals surface area (Å²) in [5, 5.41) is 5.24. The first-order valence-corrected chi connectivity index (χ1v) is 8.52. The third-order valence-electron chi connectivity index (χ3n) is 3.13. The number of hydrogen-bond donors (Lipinski definition) is 1. The Morgan fingerprint density at radius 2 is 2.15 bits per heavy atom. The van der Waals surface area contributed by atoms with Gasteiger partial charge in [0.25, 0.3) is 5.91 Å². The van der Waals surface area contributed by atoms with Crippen LogP contribution in [-0.2, 0) is 10.0 Å². The van der Waals surface area contributed by atoms with Gasteiger partial charge < -0.3 is 4.90 Å². The Morgan fingerprint density at radius 1 is 1.45 bits per heavy atom. The lowest BCUT2D eigenvalue weighted by atomic mass is 10.2. The van der Waals surface area contributed by atoms with E-state index in [1.54, 1.807) is 18.2 Å². The standard InChI is InChI=1S/C11H10ClN3O3S2/c12-6-1-2-9-8(3-6)14-10(19-9)11(16)15-4-7(5-15)20(13,17)18/h1-3,7H,4-5H2,(H2,13,17,18). The number of thiazole rings is 1. The summed E-state index contributed by atoms with van der Waals surface area (Å²) in [6.45, 7) is 0.239. The summed E-state index contributed by atoms with van der Waals surface area (Å²) in [4.78, 5) is 17.8. The maximum atomic E-state index is 12.2. The van der Waals surface area contributed by atoms with Gasteiger partial charge in [0.05, 0.1) is 10.2 Å². The first-order chi connectivity index (χ1) is 9.34. The zero-order valence-electron chi connectivity index (χ0n) is 10.1. The SMILES string of the molecule is NS(=O)(=O)C1CN(C(=O)c2nc3cc(Cl)ccc3s2)C1.